The van der Waals surface area contributed by atoms with Crippen LogP contribution in [0, 0.1) is 0 Å². The number of aromatic nitrogens is 2. The molecule has 2 N–H and O–H groups in total. The third-order valence-corrected chi connectivity index (χ3v) is 3.21. The SMILES string of the molecule is CCOCCCn1c(CN)nc2cc(C(F)(F)F)ccc21. The van der Waals surface area contributed by atoms with Gasteiger partial charge in [0.05, 0.1) is 23.1 Å². The van der Waals surface area contributed by atoms with Crippen molar-refractivity contribution in [3.8, 4) is 0 Å². The zero-order valence-electron chi connectivity index (χ0n) is 11.8. The molecule has 0 radical (unpaired) electrons. The van der Waals surface area contributed by atoms with Crippen LogP contribution < -0.4 is 5.73 Å². The Balaban J connectivity index is 2.31. The van der Waals surface area contributed by atoms with Gasteiger partial charge in [0, 0.05) is 19.8 Å². The molecule has 0 aliphatic carbocycles. The fraction of sp³-hybridized carbons (Fsp3) is 0.500. The van der Waals surface area contributed by atoms with Crippen molar-refractivity contribution in [1.82, 2.24) is 9.55 Å². The van der Waals surface area contributed by atoms with Crippen LogP contribution in [0.3, 0.4) is 0 Å². The Labute approximate surface area is 120 Å². The van der Waals surface area contributed by atoms with Crippen LogP contribution in [-0.2, 0) is 24.0 Å². The van der Waals surface area contributed by atoms with Crippen molar-refractivity contribution < 1.29 is 17.9 Å². The second-order valence-electron chi connectivity index (χ2n) is 4.64. The minimum absolute atomic E-state index is 0.185. The number of alkyl halides is 3. The van der Waals surface area contributed by atoms with Gasteiger partial charge in [-0.25, -0.2) is 4.98 Å². The summed E-state index contributed by atoms with van der Waals surface area (Å²) in [5.41, 5.74) is 5.92. The number of hydrogen-bond acceptors (Lipinski definition) is 3. The van der Waals surface area contributed by atoms with Gasteiger partial charge < -0.3 is 15.0 Å². The van der Waals surface area contributed by atoms with Gasteiger partial charge in [0.15, 0.2) is 0 Å². The highest BCUT2D eigenvalue weighted by atomic mass is 19.4. The molecule has 0 spiro atoms. The standard InChI is InChI=1S/C14H18F3N3O/c1-2-21-7-3-6-20-12-5-4-10(14(15,16)17)8-11(12)19-13(20)9-18/h4-5,8H,2-3,6-7,9,18H2,1H3. The van der Waals surface area contributed by atoms with Crippen molar-refractivity contribution in [2.45, 2.75) is 32.6 Å². The average molecular weight is 301 g/mol. The van der Waals surface area contributed by atoms with E-state index in [-0.39, 0.29) is 6.54 Å². The summed E-state index contributed by atoms with van der Waals surface area (Å²) in [7, 11) is 0. The summed E-state index contributed by atoms with van der Waals surface area (Å²) in [6.45, 7) is 3.96. The number of hydrogen-bond donors (Lipinski definition) is 1. The van der Waals surface area contributed by atoms with Crippen LogP contribution in [0.5, 0.6) is 0 Å². The number of nitrogens with two attached hydrogens (primary N) is 1. The lowest BCUT2D eigenvalue weighted by Crippen LogP contribution is -2.10. The molecule has 2 aromatic rings. The first-order chi connectivity index (χ1) is 9.97. The number of aryl methyl sites for hydroxylation is 1. The lowest BCUT2D eigenvalue weighted by Gasteiger charge is -2.09. The quantitative estimate of drug-likeness (QED) is 0.835. The Kier molecular flexibility index (Phi) is 4.84. The maximum atomic E-state index is 12.7. The van der Waals surface area contributed by atoms with Gasteiger partial charge in [-0.15, -0.1) is 0 Å². The van der Waals surface area contributed by atoms with Crippen LogP contribution in [-0.4, -0.2) is 22.8 Å². The van der Waals surface area contributed by atoms with Gasteiger partial charge in [0.25, 0.3) is 0 Å². The van der Waals surface area contributed by atoms with Gasteiger partial charge in [0.2, 0.25) is 0 Å². The first kappa shape index (κ1) is 15.8. The Bertz CT molecular complexity index is 607. The van der Waals surface area contributed by atoms with E-state index in [1.54, 1.807) is 0 Å². The lowest BCUT2D eigenvalue weighted by atomic mass is 10.2. The third-order valence-electron chi connectivity index (χ3n) is 3.21. The average Bonchev–Trinajstić information content (AvgIpc) is 2.79. The molecule has 1 heterocycles. The number of halogens is 3. The van der Waals surface area contributed by atoms with Crippen molar-refractivity contribution in [2.24, 2.45) is 5.73 Å². The normalized spacial score (nSPS) is 12.2. The van der Waals surface area contributed by atoms with Crippen LogP contribution in [0.2, 0.25) is 0 Å². The largest absolute Gasteiger partial charge is 0.416 e. The molecule has 7 heteroatoms. The molecule has 0 saturated heterocycles. The molecule has 1 aromatic heterocycles. The predicted octanol–water partition coefficient (Wildman–Crippen LogP) is 2.94. The molecule has 2 rings (SSSR count). The van der Waals surface area contributed by atoms with Gasteiger partial charge in [-0.3, -0.25) is 0 Å². The van der Waals surface area contributed by atoms with E-state index in [0.717, 1.165) is 18.6 Å². The zero-order valence-corrected chi connectivity index (χ0v) is 11.8. The van der Waals surface area contributed by atoms with Crippen LogP contribution in [0.1, 0.15) is 24.7 Å². The van der Waals surface area contributed by atoms with Crippen molar-refractivity contribution in [3.63, 3.8) is 0 Å². The second-order valence-corrected chi connectivity index (χ2v) is 4.64. The number of fused-ring (bicyclic) bond motifs is 1. The van der Waals surface area contributed by atoms with Gasteiger partial charge in [-0.2, -0.15) is 13.2 Å². The fourth-order valence-electron chi connectivity index (χ4n) is 2.23. The van der Waals surface area contributed by atoms with E-state index in [9.17, 15) is 13.2 Å². The predicted molar refractivity (Wildman–Crippen MR) is 73.7 cm³/mol. The fourth-order valence-corrected chi connectivity index (χ4v) is 2.23. The highest BCUT2D eigenvalue weighted by Gasteiger charge is 2.31. The summed E-state index contributed by atoms with van der Waals surface area (Å²) >= 11 is 0. The summed E-state index contributed by atoms with van der Waals surface area (Å²) in [5.74, 6) is 0.584. The number of rotatable bonds is 6. The molecule has 0 aliphatic rings. The maximum Gasteiger partial charge on any atom is 0.416 e. The first-order valence-electron chi connectivity index (χ1n) is 6.81. The molecule has 21 heavy (non-hydrogen) atoms. The van der Waals surface area contributed by atoms with E-state index in [1.807, 2.05) is 11.5 Å². The summed E-state index contributed by atoms with van der Waals surface area (Å²) in [6, 6.07) is 3.59. The summed E-state index contributed by atoms with van der Waals surface area (Å²) in [4.78, 5) is 4.20. The molecule has 0 bridgehead atoms. The Morgan fingerprint density at radius 1 is 1.33 bits per heavy atom. The molecular formula is C14H18F3N3O. The third kappa shape index (κ3) is 3.54. The lowest BCUT2D eigenvalue weighted by molar-refractivity contribution is -0.137. The molecule has 0 atom stereocenters. The van der Waals surface area contributed by atoms with Crippen molar-refractivity contribution in [2.75, 3.05) is 13.2 Å². The monoisotopic (exact) mass is 301 g/mol. The Morgan fingerprint density at radius 2 is 2.10 bits per heavy atom. The highest BCUT2D eigenvalue weighted by molar-refractivity contribution is 5.77. The van der Waals surface area contributed by atoms with Crippen LogP contribution in [0.15, 0.2) is 18.2 Å². The highest BCUT2D eigenvalue weighted by Crippen LogP contribution is 2.31. The van der Waals surface area contributed by atoms with Gasteiger partial charge >= 0.3 is 6.18 Å². The van der Waals surface area contributed by atoms with Crippen LogP contribution >= 0.6 is 0 Å². The topological polar surface area (TPSA) is 53.1 Å². The Hall–Kier alpha value is -1.60. The molecule has 116 valence electrons. The van der Waals surface area contributed by atoms with Gasteiger partial charge in [-0.05, 0) is 31.5 Å². The van der Waals surface area contributed by atoms with Crippen LogP contribution in [0.25, 0.3) is 11.0 Å². The van der Waals surface area contributed by atoms with Crippen LogP contribution in [0.4, 0.5) is 13.2 Å². The van der Waals surface area contributed by atoms with E-state index in [2.05, 4.69) is 4.98 Å². The molecule has 4 nitrogen and oxygen atoms in total. The number of imidazole rings is 1. The summed E-state index contributed by atoms with van der Waals surface area (Å²) in [6.07, 6.45) is -3.61. The van der Waals surface area contributed by atoms with Crippen molar-refractivity contribution in [3.05, 3.63) is 29.6 Å². The molecule has 0 saturated carbocycles. The summed E-state index contributed by atoms with van der Waals surface area (Å²) < 4.78 is 45.3. The first-order valence-corrected chi connectivity index (χ1v) is 6.81. The number of nitrogens with zero attached hydrogens (tertiary/aromatic N) is 2. The molecular weight excluding hydrogens is 283 g/mol. The minimum atomic E-state index is -4.37. The molecule has 1 aromatic carbocycles. The molecule has 0 aliphatic heterocycles. The molecule has 0 amide bonds. The molecule has 0 unspecified atom stereocenters. The molecule has 0 fully saturated rings. The second kappa shape index (κ2) is 6.44. The van der Waals surface area contributed by atoms with Gasteiger partial charge in [-0.1, -0.05) is 0 Å². The van der Waals surface area contributed by atoms with E-state index in [0.29, 0.717) is 36.6 Å². The maximum absolute atomic E-state index is 12.7. The Morgan fingerprint density at radius 3 is 2.71 bits per heavy atom. The zero-order chi connectivity index (χ0) is 15.5. The van der Waals surface area contributed by atoms with E-state index < -0.39 is 11.7 Å². The smallest absolute Gasteiger partial charge is 0.382 e. The number of benzene rings is 1. The van der Waals surface area contributed by atoms with Crippen molar-refractivity contribution >= 4 is 11.0 Å². The van der Waals surface area contributed by atoms with E-state index in [4.69, 9.17) is 10.5 Å². The number of ether oxygens (including phenoxy) is 1. The van der Waals surface area contributed by atoms with E-state index >= 15 is 0 Å². The minimum Gasteiger partial charge on any atom is -0.382 e. The van der Waals surface area contributed by atoms with Gasteiger partial charge in [0.1, 0.15) is 5.82 Å². The van der Waals surface area contributed by atoms with Crippen molar-refractivity contribution in [1.29, 1.82) is 0 Å². The summed E-state index contributed by atoms with van der Waals surface area (Å²) in [5, 5.41) is 0. The van der Waals surface area contributed by atoms with E-state index in [1.165, 1.54) is 6.07 Å².